The van der Waals surface area contributed by atoms with Crippen LogP contribution in [-0.2, 0) is 15.1 Å². The Kier molecular flexibility index (Phi) is 5.04. The van der Waals surface area contributed by atoms with Gasteiger partial charge in [-0.2, -0.15) is 0 Å². The first-order valence-electron chi connectivity index (χ1n) is 9.25. The minimum absolute atomic E-state index is 0.369. The Morgan fingerprint density at radius 1 is 1.17 bits per heavy atom. The monoisotopic (exact) mass is 421 g/mol. The molecule has 0 unspecified atom stereocenters. The Morgan fingerprint density at radius 2 is 1.93 bits per heavy atom. The zero-order valence-corrected chi connectivity index (χ0v) is 17.2. The molecular weight excluding hydrogens is 402 g/mol. The van der Waals surface area contributed by atoms with Crippen LogP contribution in [0.2, 0.25) is 0 Å². The highest BCUT2D eigenvalue weighted by Crippen LogP contribution is 2.29. The SMILES string of the molecule is Cc1ccc([C@@]2(C)NC(=O)N(CC(=O)Nc3nc(-c4ccccn4)cs3)C2=O)cc1. The Balaban J connectivity index is 1.45. The Bertz CT molecular complexity index is 1110. The standard InChI is InChI=1S/C21H19N5O3S/c1-13-6-8-14(9-7-13)21(2)18(28)26(20(29)25-21)11-17(27)24-19-23-16(12-30-19)15-5-3-4-10-22-15/h3-10,12H,11H2,1-2H3,(H,25,29)(H,23,24,27)/t21-/m1/s1. The topological polar surface area (TPSA) is 104 Å². The minimum atomic E-state index is -1.21. The number of benzene rings is 1. The van der Waals surface area contributed by atoms with E-state index in [2.05, 4.69) is 20.6 Å². The fourth-order valence-corrected chi connectivity index (χ4v) is 3.91. The van der Waals surface area contributed by atoms with Gasteiger partial charge >= 0.3 is 6.03 Å². The maximum absolute atomic E-state index is 12.9. The number of carbonyl (C=O) groups excluding carboxylic acids is 3. The lowest BCUT2D eigenvalue weighted by Gasteiger charge is -2.22. The molecule has 4 amide bonds. The van der Waals surface area contributed by atoms with Crippen LogP contribution in [0, 0.1) is 6.92 Å². The van der Waals surface area contributed by atoms with E-state index < -0.39 is 29.9 Å². The minimum Gasteiger partial charge on any atom is -0.319 e. The van der Waals surface area contributed by atoms with Gasteiger partial charge in [0, 0.05) is 11.6 Å². The van der Waals surface area contributed by atoms with Crippen molar-refractivity contribution in [3.8, 4) is 11.4 Å². The van der Waals surface area contributed by atoms with Crippen molar-refractivity contribution in [2.24, 2.45) is 0 Å². The molecular formula is C21H19N5O3S. The lowest BCUT2D eigenvalue weighted by Crippen LogP contribution is -2.42. The van der Waals surface area contributed by atoms with Crippen molar-refractivity contribution in [2.75, 3.05) is 11.9 Å². The van der Waals surface area contributed by atoms with Gasteiger partial charge in [0.25, 0.3) is 5.91 Å². The first kappa shape index (κ1) is 19.7. The van der Waals surface area contributed by atoms with Crippen LogP contribution in [0.5, 0.6) is 0 Å². The molecule has 0 spiro atoms. The van der Waals surface area contributed by atoms with Gasteiger partial charge in [-0.25, -0.2) is 9.78 Å². The summed E-state index contributed by atoms with van der Waals surface area (Å²) in [5.41, 5.74) is 1.83. The number of nitrogens with one attached hydrogen (secondary N) is 2. The van der Waals surface area contributed by atoms with Crippen molar-refractivity contribution < 1.29 is 14.4 Å². The fraction of sp³-hybridized carbons (Fsp3) is 0.190. The number of aryl methyl sites for hydroxylation is 1. The fourth-order valence-electron chi connectivity index (χ4n) is 3.19. The summed E-state index contributed by atoms with van der Waals surface area (Å²) in [7, 11) is 0. The van der Waals surface area contributed by atoms with Crippen molar-refractivity contribution >= 4 is 34.3 Å². The molecule has 9 heteroatoms. The predicted molar refractivity (Wildman–Crippen MR) is 113 cm³/mol. The number of anilines is 1. The van der Waals surface area contributed by atoms with Crippen LogP contribution in [0.3, 0.4) is 0 Å². The predicted octanol–water partition coefficient (Wildman–Crippen LogP) is 2.92. The van der Waals surface area contributed by atoms with E-state index in [0.717, 1.165) is 10.5 Å². The van der Waals surface area contributed by atoms with Crippen molar-refractivity contribution in [3.63, 3.8) is 0 Å². The zero-order valence-electron chi connectivity index (χ0n) is 16.4. The summed E-state index contributed by atoms with van der Waals surface area (Å²) in [5, 5.41) is 7.49. The van der Waals surface area contributed by atoms with E-state index in [1.807, 2.05) is 31.2 Å². The molecule has 3 heterocycles. The van der Waals surface area contributed by atoms with Crippen LogP contribution >= 0.6 is 11.3 Å². The van der Waals surface area contributed by atoms with E-state index in [-0.39, 0.29) is 0 Å². The van der Waals surface area contributed by atoms with Crippen LogP contribution in [-0.4, -0.2) is 39.3 Å². The Hall–Kier alpha value is -3.59. The van der Waals surface area contributed by atoms with Gasteiger partial charge in [-0.05, 0) is 31.5 Å². The number of urea groups is 1. The second-order valence-corrected chi connectivity index (χ2v) is 7.97. The number of rotatable bonds is 5. The number of hydrogen-bond acceptors (Lipinski definition) is 6. The van der Waals surface area contributed by atoms with Gasteiger partial charge in [0.1, 0.15) is 17.8 Å². The van der Waals surface area contributed by atoms with E-state index in [1.54, 1.807) is 36.7 Å². The molecule has 0 bridgehead atoms. The molecule has 2 aromatic heterocycles. The van der Waals surface area contributed by atoms with Crippen molar-refractivity contribution in [1.29, 1.82) is 0 Å². The molecule has 1 saturated heterocycles. The lowest BCUT2D eigenvalue weighted by molar-refractivity contribution is -0.133. The van der Waals surface area contributed by atoms with Crippen molar-refractivity contribution in [3.05, 3.63) is 65.2 Å². The number of pyridine rings is 1. The summed E-state index contributed by atoms with van der Waals surface area (Å²) in [6.07, 6.45) is 1.66. The van der Waals surface area contributed by atoms with E-state index in [4.69, 9.17) is 0 Å². The second-order valence-electron chi connectivity index (χ2n) is 7.11. The average molecular weight is 421 g/mol. The number of hydrogen-bond donors (Lipinski definition) is 2. The highest BCUT2D eigenvalue weighted by molar-refractivity contribution is 7.14. The maximum Gasteiger partial charge on any atom is 0.325 e. The van der Waals surface area contributed by atoms with Crippen LogP contribution in [0.1, 0.15) is 18.1 Å². The molecule has 1 atom stereocenters. The number of imide groups is 1. The van der Waals surface area contributed by atoms with Crippen molar-refractivity contribution in [1.82, 2.24) is 20.2 Å². The number of aromatic nitrogens is 2. The third kappa shape index (κ3) is 3.67. The van der Waals surface area contributed by atoms with Crippen LogP contribution in [0.25, 0.3) is 11.4 Å². The van der Waals surface area contributed by atoms with Crippen LogP contribution < -0.4 is 10.6 Å². The summed E-state index contributed by atoms with van der Waals surface area (Å²) in [6.45, 7) is 3.18. The number of nitrogens with zero attached hydrogens (tertiary/aromatic N) is 3. The van der Waals surface area contributed by atoms with Gasteiger partial charge in [-0.3, -0.25) is 19.5 Å². The Morgan fingerprint density at radius 3 is 2.63 bits per heavy atom. The molecule has 1 aliphatic rings. The average Bonchev–Trinajstić information content (AvgIpc) is 3.28. The van der Waals surface area contributed by atoms with Gasteiger partial charge in [-0.1, -0.05) is 35.9 Å². The van der Waals surface area contributed by atoms with Gasteiger partial charge < -0.3 is 10.6 Å². The summed E-state index contributed by atoms with van der Waals surface area (Å²) in [5.74, 6) is -0.978. The lowest BCUT2D eigenvalue weighted by atomic mass is 9.91. The van der Waals surface area contributed by atoms with Gasteiger partial charge in [0.2, 0.25) is 5.91 Å². The summed E-state index contributed by atoms with van der Waals surface area (Å²) < 4.78 is 0. The first-order valence-corrected chi connectivity index (χ1v) is 10.1. The maximum atomic E-state index is 12.9. The Labute approximate surface area is 177 Å². The molecule has 0 saturated carbocycles. The van der Waals surface area contributed by atoms with E-state index in [0.29, 0.717) is 22.1 Å². The molecule has 4 rings (SSSR count). The van der Waals surface area contributed by atoms with Crippen molar-refractivity contribution in [2.45, 2.75) is 19.4 Å². The third-order valence-electron chi connectivity index (χ3n) is 4.88. The van der Waals surface area contributed by atoms with Crippen LogP contribution in [0.15, 0.2) is 54.0 Å². The number of amides is 4. The molecule has 0 radical (unpaired) electrons. The van der Waals surface area contributed by atoms with E-state index >= 15 is 0 Å². The summed E-state index contributed by atoms with van der Waals surface area (Å²) >= 11 is 1.24. The van der Waals surface area contributed by atoms with E-state index in [1.165, 1.54) is 11.3 Å². The summed E-state index contributed by atoms with van der Waals surface area (Å²) in [6, 6.07) is 12.2. The molecule has 1 aliphatic heterocycles. The smallest absolute Gasteiger partial charge is 0.319 e. The highest BCUT2D eigenvalue weighted by Gasteiger charge is 2.49. The first-order chi connectivity index (χ1) is 14.4. The van der Waals surface area contributed by atoms with Gasteiger partial charge in [0.05, 0.1) is 5.69 Å². The van der Waals surface area contributed by atoms with Crippen LogP contribution in [0.4, 0.5) is 9.93 Å². The normalized spacial score (nSPS) is 18.4. The third-order valence-corrected chi connectivity index (χ3v) is 5.64. The molecule has 1 fully saturated rings. The molecule has 2 N–H and O–H groups in total. The number of carbonyl (C=O) groups is 3. The molecule has 30 heavy (non-hydrogen) atoms. The zero-order chi connectivity index (χ0) is 21.3. The quantitative estimate of drug-likeness (QED) is 0.617. The molecule has 0 aliphatic carbocycles. The molecule has 3 aromatic rings. The second kappa shape index (κ2) is 7.68. The largest absolute Gasteiger partial charge is 0.325 e. The molecule has 8 nitrogen and oxygen atoms in total. The molecule has 1 aromatic carbocycles. The summed E-state index contributed by atoms with van der Waals surface area (Å²) in [4.78, 5) is 47.3. The molecule has 152 valence electrons. The highest BCUT2D eigenvalue weighted by atomic mass is 32.1. The van der Waals surface area contributed by atoms with E-state index in [9.17, 15) is 14.4 Å². The number of thiazole rings is 1. The van der Waals surface area contributed by atoms with Gasteiger partial charge in [-0.15, -0.1) is 11.3 Å². The van der Waals surface area contributed by atoms with Gasteiger partial charge in [0.15, 0.2) is 5.13 Å².